The van der Waals surface area contributed by atoms with Crippen LogP contribution in [0.3, 0.4) is 0 Å². The number of halogens is 2. The molecule has 0 aliphatic rings. The van der Waals surface area contributed by atoms with Crippen molar-refractivity contribution in [2.45, 2.75) is 31.5 Å². The molecule has 0 saturated heterocycles. The Hall–Kier alpha value is -2.38. The van der Waals surface area contributed by atoms with E-state index in [0.29, 0.717) is 21.7 Å². The third-order valence-corrected chi connectivity index (χ3v) is 5.49. The predicted molar refractivity (Wildman–Crippen MR) is 111 cm³/mol. The highest BCUT2D eigenvalue weighted by Gasteiger charge is 2.16. The third kappa shape index (κ3) is 4.36. The number of amides is 1. The van der Waals surface area contributed by atoms with Crippen molar-refractivity contribution in [1.29, 1.82) is 0 Å². The van der Waals surface area contributed by atoms with E-state index in [2.05, 4.69) is 10.3 Å². The van der Waals surface area contributed by atoms with Crippen LogP contribution in [0.4, 0.5) is 4.39 Å². The average molecular weight is 420 g/mol. The Balaban J connectivity index is 2.05. The van der Waals surface area contributed by atoms with Crippen LogP contribution in [-0.2, 0) is 4.79 Å². The summed E-state index contributed by atoms with van der Waals surface area (Å²) >= 11 is 7.05. The molecule has 0 radical (unpaired) electrons. The molecule has 0 saturated carbocycles. The second-order valence-electron chi connectivity index (χ2n) is 6.32. The monoisotopic (exact) mass is 419 g/mol. The number of carbonyl (C=O) groups is 1. The van der Waals surface area contributed by atoms with Crippen LogP contribution in [0.25, 0.3) is 16.6 Å². The molecule has 1 atom stereocenters. The van der Waals surface area contributed by atoms with Gasteiger partial charge in [-0.1, -0.05) is 42.4 Å². The fraction of sp³-hybridized carbons (Fsp3) is 0.250. The summed E-state index contributed by atoms with van der Waals surface area (Å²) in [4.78, 5) is 29.8. The zero-order chi connectivity index (χ0) is 20.3. The van der Waals surface area contributed by atoms with Gasteiger partial charge in [0.05, 0.1) is 27.4 Å². The number of para-hydroxylation sites is 1. The summed E-state index contributed by atoms with van der Waals surface area (Å²) < 4.78 is 14.9. The Kier molecular flexibility index (Phi) is 6.36. The SMILES string of the molecule is CCC(C)NC(=O)CSc1nc2ccccc2c(=O)n1-c1ccc(F)c(Cl)c1. The highest BCUT2D eigenvalue weighted by molar-refractivity contribution is 7.99. The predicted octanol–water partition coefficient (Wildman–Crippen LogP) is 4.19. The second kappa shape index (κ2) is 8.75. The normalized spacial score (nSPS) is 12.1. The lowest BCUT2D eigenvalue weighted by atomic mass is 10.2. The minimum atomic E-state index is -0.575. The van der Waals surface area contributed by atoms with E-state index in [9.17, 15) is 14.0 Å². The lowest BCUT2D eigenvalue weighted by Gasteiger charge is -2.14. The van der Waals surface area contributed by atoms with Crippen molar-refractivity contribution in [3.63, 3.8) is 0 Å². The number of hydrogen-bond donors (Lipinski definition) is 1. The van der Waals surface area contributed by atoms with Crippen molar-refractivity contribution in [3.8, 4) is 5.69 Å². The molecule has 0 bridgehead atoms. The molecule has 1 N–H and O–H groups in total. The van der Waals surface area contributed by atoms with E-state index in [-0.39, 0.29) is 28.3 Å². The molecule has 3 rings (SSSR count). The van der Waals surface area contributed by atoms with E-state index in [0.717, 1.165) is 18.2 Å². The molecule has 1 aromatic heterocycles. The summed E-state index contributed by atoms with van der Waals surface area (Å²) in [5.74, 6) is -0.621. The van der Waals surface area contributed by atoms with Crippen molar-refractivity contribution >= 4 is 40.2 Å². The number of nitrogens with one attached hydrogen (secondary N) is 1. The highest BCUT2D eigenvalue weighted by atomic mass is 35.5. The average Bonchev–Trinajstić information content (AvgIpc) is 2.68. The summed E-state index contributed by atoms with van der Waals surface area (Å²) in [6.45, 7) is 3.91. The van der Waals surface area contributed by atoms with E-state index in [1.54, 1.807) is 24.3 Å². The van der Waals surface area contributed by atoms with Gasteiger partial charge in [-0.05, 0) is 43.7 Å². The number of hydrogen-bond acceptors (Lipinski definition) is 4. The molecule has 5 nitrogen and oxygen atoms in total. The van der Waals surface area contributed by atoms with Gasteiger partial charge in [-0.25, -0.2) is 9.37 Å². The number of rotatable bonds is 6. The maximum Gasteiger partial charge on any atom is 0.266 e. The van der Waals surface area contributed by atoms with E-state index in [1.165, 1.54) is 22.8 Å². The molecule has 28 heavy (non-hydrogen) atoms. The number of benzene rings is 2. The van der Waals surface area contributed by atoms with Gasteiger partial charge in [0.2, 0.25) is 5.91 Å². The summed E-state index contributed by atoms with van der Waals surface area (Å²) in [7, 11) is 0. The number of nitrogens with zero attached hydrogens (tertiary/aromatic N) is 2. The Morgan fingerprint density at radius 3 is 2.79 bits per heavy atom. The van der Waals surface area contributed by atoms with Crippen molar-refractivity contribution in [1.82, 2.24) is 14.9 Å². The molecule has 0 fully saturated rings. The molecule has 0 spiro atoms. The first-order valence-electron chi connectivity index (χ1n) is 8.80. The van der Waals surface area contributed by atoms with Crippen LogP contribution in [0.5, 0.6) is 0 Å². The summed E-state index contributed by atoms with van der Waals surface area (Å²) in [6.07, 6.45) is 0.823. The first-order valence-corrected chi connectivity index (χ1v) is 10.2. The van der Waals surface area contributed by atoms with Crippen LogP contribution in [0, 0.1) is 5.82 Å². The molecule has 0 aliphatic carbocycles. The summed E-state index contributed by atoms with van der Waals surface area (Å²) in [5, 5.41) is 3.55. The molecule has 8 heteroatoms. The zero-order valence-corrected chi connectivity index (χ0v) is 17.0. The fourth-order valence-corrected chi connectivity index (χ4v) is 3.61. The third-order valence-electron chi connectivity index (χ3n) is 4.26. The number of thioether (sulfide) groups is 1. The molecular formula is C20H19ClFN3O2S. The van der Waals surface area contributed by atoms with Crippen LogP contribution < -0.4 is 10.9 Å². The van der Waals surface area contributed by atoms with Gasteiger partial charge in [0, 0.05) is 6.04 Å². The topological polar surface area (TPSA) is 64.0 Å². The lowest BCUT2D eigenvalue weighted by molar-refractivity contribution is -0.119. The van der Waals surface area contributed by atoms with E-state index < -0.39 is 5.82 Å². The van der Waals surface area contributed by atoms with Gasteiger partial charge in [0.25, 0.3) is 5.56 Å². The maximum absolute atomic E-state index is 13.6. The summed E-state index contributed by atoms with van der Waals surface area (Å²) in [5.41, 5.74) is 0.611. The zero-order valence-electron chi connectivity index (χ0n) is 15.4. The Morgan fingerprint density at radius 2 is 2.07 bits per heavy atom. The highest BCUT2D eigenvalue weighted by Crippen LogP contribution is 2.24. The standard InChI is InChI=1S/C20H19ClFN3O2S/c1-3-12(2)23-18(26)11-28-20-24-17-7-5-4-6-14(17)19(27)25(20)13-8-9-16(22)15(21)10-13/h4-10,12H,3,11H2,1-2H3,(H,23,26). The van der Waals surface area contributed by atoms with Crippen LogP contribution in [0.1, 0.15) is 20.3 Å². The van der Waals surface area contributed by atoms with Gasteiger partial charge in [-0.3, -0.25) is 14.2 Å². The Bertz CT molecular complexity index is 1090. The summed E-state index contributed by atoms with van der Waals surface area (Å²) in [6, 6.07) is 11.1. The molecule has 3 aromatic rings. The van der Waals surface area contributed by atoms with Gasteiger partial charge in [-0.2, -0.15) is 0 Å². The van der Waals surface area contributed by atoms with Gasteiger partial charge in [0.1, 0.15) is 5.82 Å². The van der Waals surface area contributed by atoms with E-state index in [1.807, 2.05) is 13.8 Å². The van der Waals surface area contributed by atoms with Crippen LogP contribution >= 0.6 is 23.4 Å². The molecule has 1 amide bonds. The van der Waals surface area contributed by atoms with E-state index >= 15 is 0 Å². The smallest absolute Gasteiger partial charge is 0.266 e. The number of fused-ring (bicyclic) bond motifs is 1. The Labute approximate surface area is 170 Å². The fourth-order valence-electron chi connectivity index (χ4n) is 2.61. The van der Waals surface area contributed by atoms with Crippen molar-refractivity contribution < 1.29 is 9.18 Å². The number of aromatic nitrogens is 2. The van der Waals surface area contributed by atoms with Crippen molar-refractivity contribution in [2.75, 3.05) is 5.75 Å². The molecule has 146 valence electrons. The lowest BCUT2D eigenvalue weighted by Crippen LogP contribution is -2.33. The molecule has 1 unspecified atom stereocenters. The Morgan fingerprint density at radius 1 is 1.32 bits per heavy atom. The minimum Gasteiger partial charge on any atom is -0.353 e. The largest absolute Gasteiger partial charge is 0.353 e. The first kappa shape index (κ1) is 20.4. The molecule has 2 aromatic carbocycles. The van der Waals surface area contributed by atoms with Crippen molar-refractivity contribution in [3.05, 3.63) is 63.7 Å². The van der Waals surface area contributed by atoms with Gasteiger partial charge >= 0.3 is 0 Å². The molecular weight excluding hydrogens is 401 g/mol. The molecule has 1 heterocycles. The molecule has 0 aliphatic heterocycles. The second-order valence-corrected chi connectivity index (χ2v) is 7.67. The van der Waals surface area contributed by atoms with Gasteiger partial charge < -0.3 is 5.32 Å². The number of carbonyl (C=O) groups excluding carboxylic acids is 1. The minimum absolute atomic E-state index is 0.0655. The first-order chi connectivity index (χ1) is 13.4. The van der Waals surface area contributed by atoms with Crippen molar-refractivity contribution in [2.24, 2.45) is 0 Å². The quantitative estimate of drug-likeness (QED) is 0.480. The van der Waals surface area contributed by atoms with Crippen LogP contribution in [0.15, 0.2) is 52.4 Å². The van der Waals surface area contributed by atoms with Gasteiger partial charge in [0.15, 0.2) is 5.16 Å². The van der Waals surface area contributed by atoms with Crippen LogP contribution in [0.2, 0.25) is 5.02 Å². The maximum atomic E-state index is 13.6. The van der Waals surface area contributed by atoms with Gasteiger partial charge in [-0.15, -0.1) is 0 Å². The van der Waals surface area contributed by atoms with Crippen LogP contribution in [-0.4, -0.2) is 27.3 Å². The van der Waals surface area contributed by atoms with E-state index in [4.69, 9.17) is 11.6 Å².